The molecule has 1 aliphatic rings. The van der Waals surface area contributed by atoms with Crippen LogP contribution in [0.4, 0.5) is 0 Å². The van der Waals surface area contributed by atoms with E-state index in [1.54, 1.807) is 0 Å². The summed E-state index contributed by atoms with van der Waals surface area (Å²) < 4.78 is 6.04. The molecule has 0 bridgehead atoms. The summed E-state index contributed by atoms with van der Waals surface area (Å²) in [5.41, 5.74) is 2.16. The minimum absolute atomic E-state index is 0.865. The fourth-order valence-electron chi connectivity index (χ4n) is 1.99. The molecule has 0 N–H and O–H groups in total. The zero-order chi connectivity index (χ0) is 12.9. The first kappa shape index (κ1) is 11.5. The molecule has 0 unspecified atom stereocenters. The van der Waals surface area contributed by atoms with Crippen molar-refractivity contribution in [1.29, 1.82) is 0 Å². The Morgan fingerprint density at radius 2 is 0.947 bits per heavy atom. The van der Waals surface area contributed by atoms with Crippen LogP contribution in [-0.4, -0.2) is 0 Å². The summed E-state index contributed by atoms with van der Waals surface area (Å²) in [6.45, 7) is 0. The molecule has 0 saturated heterocycles. The molecule has 0 atom stereocenters. The van der Waals surface area contributed by atoms with Crippen molar-refractivity contribution in [3.63, 3.8) is 0 Å². The van der Waals surface area contributed by atoms with Crippen molar-refractivity contribution in [1.82, 2.24) is 0 Å². The zero-order valence-electron chi connectivity index (χ0n) is 10.5. The van der Waals surface area contributed by atoms with Crippen LogP contribution in [0.5, 0.6) is 0 Å². The number of hydrogen-bond donors (Lipinski definition) is 0. The van der Waals surface area contributed by atoms with Gasteiger partial charge in [-0.2, -0.15) is 0 Å². The maximum absolute atomic E-state index is 6.04. The van der Waals surface area contributed by atoms with Crippen molar-refractivity contribution in [2.45, 2.75) is 0 Å². The molecule has 0 fully saturated rings. The largest absolute Gasteiger partial charge is 0.456 e. The maximum atomic E-state index is 6.04. The van der Waals surface area contributed by atoms with E-state index in [0.717, 1.165) is 22.6 Å². The monoisotopic (exact) mass is 246 g/mol. The van der Waals surface area contributed by atoms with Gasteiger partial charge in [0.2, 0.25) is 0 Å². The molecule has 19 heavy (non-hydrogen) atoms. The molecule has 3 rings (SSSR count). The summed E-state index contributed by atoms with van der Waals surface area (Å²) in [6, 6.07) is 20.3. The summed E-state index contributed by atoms with van der Waals surface area (Å²) in [4.78, 5) is 0. The fourth-order valence-corrected chi connectivity index (χ4v) is 1.99. The molecule has 1 nitrogen and oxygen atoms in total. The van der Waals surface area contributed by atoms with Gasteiger partial charge in [0.25, 0.3) is 0 Å². The van der Waals surface area contributed by atoms with Crippen molar-refractivity contribution in [2.24, 2.45) is 0 Å². The average Bonchev–Trinajstić information content (AvgIpc) is 2.75. The van der Waals surface area contributed by atoms with E-state index in [1.165, 1.54) is 0 Å². The Morgan fingerprint density at radius 3 is 1.37 bits per heavy atom. The van der Waals surface area contributed by atoms with Crippen molar-refractivity contribution in [2.75, 3.05) is 0 Å². The van der Waals surface area contributed by atoms with Gasteiger partial charge in [-0.15, -0.1) is 0 Å². The first-order valence-electron chi connectivity index (χ1n) is 6.31. The van der Waals surface area contributed by atoms with Gasteiger partial charge in [0.05, 0.1) is 0 Å². The highest BCUT2D eigenvalue weighted by atomic mass is 16.5. The van der Waals surface area contributed by atoms with E-state index in [9.17, 15) is 0 Å². The first-order valence-corrected chi connectivity index (χ1v) is 6.31. The zero-order valence-corrected chi connectivity index (χ0v) is 10.5. The van der Waals surface area contributed by atoms with Gasteiger partial charge in [-0.3, -0.25) is 0 Å². The highest BCUT2D eigenvalue weighted by Crippen LogP contribution is 2.26. The van der Waals surface area contributed by atoms with E-state index in [2.05, 4.69) is 0 Å². The van der Waals surface area contributed by atoms with E-state index in [0.29, 0.717) is 0 Å². The summed E-state index contributed by atoms with van der Waals surface area (Å²) in [5.74, 6) is 1.73. The van der Waals surface area contributed by atoms with Gasteiger partial charge in [0, 0.05) is 11.1 Å². The van der Waals surface area contributed by atoms with Crippen LogP contribution in [0.3, 0.4) is 0 Å². The van der Waals surface area contributed by atoms with Crippen LogP contribution in [0, 0.1) is 0 Å². The molecule has 2 aromatic carbocycles. The third kappa shape index (κ3) is 2.66. The average molecular weight is 246 g/mol. The second-order valence-electron chi connectivity index (χ2n) is 4.28. The number of allylic oxidation sites excluding steroid dienone is 4. The Bertz CT molecular complexity index is 576. The molecule has 1 aliphatic heterocycles. The van der Waals surface area contributed by atoms with Gasteiger partial charge >= 0.3 is 0 Å². The lowest BCUT2D eigenvalue weighted by atomic mass is 10.1. The first-order chi connectivity index (χ1) is 9.43. The number of hydrogen-bond acceptors (Lipinski definition) is 1. The van der Waals surface area contributed by atoms with Crippen molar-refractivity contribution >= 4 is 11.5 Å². The molecular formula is C18H14O. The van der Waals surface area contributed by atoms with E-state index in [1.807, 2.05) is 85.0 Å². The van der Waals surface area contributed by atoms with Crippen molar-refractivity contribution in [3.05, 3.63) is 96.1 Å². The lowest BCUT2D eigenvalue weighted by Crippen LogP contribution is -1.92. The molecule has 0 spiro atoms. The Balaban J connectivity index is 1.93. The molecule has 92 valence electrons. The van der Waals surface area contributed by atoms with Gasteiger partial charge < -0.3 is 4.74 Å². The molecule has 0 saturated carbocycles. The van der Waals surface area contributed by atoms with Crippen LogP contribution in [0.2, 0.25) is 0 Å². The van der Waals surface area contributed by atoms with Crippen LogP contribution in [0.25, 0.3) is 11.5 Å². The molecule has 0 amide bonds. The normalized spacial score (nSPS) is 14.1. The Hall–Kier alpha value is -2.54. The smallest absolute Gasteiger partial charge is 0.134 e. The summed E-state index contributed by atoms with van der Waals surface area (Å²) in [7, 11) is 0. The number of rotatable bonds is 2. The van der Waals surface area contributed by atoms with Gasteiger partial charge in [-0.05, 0) is 12.2 Å². The number of ether oxygens (including phenoxy) is 1. The molecular weight excluding hydrogens is 232 g/mol. The fraction of sp³-hybridized carbons (Fsp3) is 0. The molecule has 1 heterocycles. The second kappa shape index (κ2) is 5.40. The molecule has 2 aromatic rings. The molecule has 0 aromatic heterocycles. The topological polar surface area (TPSA) is 9.23 Å². The SMILES string of the molecule is C1=CC=C(c2ccccc2)OC(c2ccccc2)=C1. The van der Waals surface area contributed by atoms with Crippen LogP contribution in [0.15, 0.2) is 85.0 Å². The van der Waals surface area contributed by atoms with Crippen LogP contribution in [-0.2, 0) is 4.74 Å². The molecule has 1 heteroatoms. The second-order valence-corrected chi connectivity index (χ2v) is 4.28. The van der Waals surface area contributed by atoms with Crippen LogP contribution < -0.4 is 0 Å². The standard InChI is InChI=1S/C18H14O/c1-3-9-15(10-4-1)17-13-7-8-14-18(19-17)16-11-5-2-6-12-16/h1-14H. The third-order valence-electron chi connectivity index (χ3n) is 2.94. The quantitative estimate of drug-likeness (QED) is 0.749. The summed E-state index contributed by atoms with van der Waals surface area (Å²) >= 11 is 0. The Morgan fingerprint density at radius 1 is 0.526 bits per heavy atom. The van der Waals surface area contributed by atoms with E-state index in [-0.39, 0.29) is 0 Å². The minimum atomic E-state index is 0.865. The Labute approximate surface area is 113 Å². The highest BCUT2D eigenvalue weighted by molar-refractivity contribution is 5.72. The summed E-state index contributed by atoms with van der Waals surface area (Å²) in [5, 5.41) is 0. The summed E-state index contributed by atoms with van der Waals surface area (Å²) in [6.07, 6.45) is 7.97. The third-order valence-corrected chi connectivity index (χ3v) is 2.94. The van der Waals surface area contributed by atoms with Crippen LogP contribution in [0.1, 0.15) is 11.1 Å². The molecule has 0 radical (unpaired) electrons. The van der Waals surface area contributed by atoms with E-state index < -0.39 is 0 Å². The predicted octanol–water partition coefficient (Wildman–Crippen LogP) is 4.66. The van der Waals surface area contributed by atoms with Gasteiger partial charge in [0.15, 0.2) is 0 Å². The number of benzene rings is 2. The minimum Gasteiger partial charge on any atom is -0.456 e. The predicted molar refractivity (Wildman–Crippen MR) is 79.1 cm³/mol. The van der Waals surface area contributed by atoms with Gasteiger partial charge in [0.1, 0.15) is 11.5 Å². The van der Waals surface area contributed by atoms with Crippen molar-refractivity contribution < 1.29 is 4.74 Å². The molecule has 0 aliphatic carbocycles. The van der Waals surface area contributed by atoms with E-state index >= 15 is 0 Å². The van der Waals surface area contributed by atoms with Crippen LogP contribution >= 0.6 is 0 Å². The van der Waals surface area contributed by atoms with Crippen molar-refractivity contribution in [3.8, 4) is 0 Å². The van der Waals surface area contributed by atoms with E-state index in [4.69, 9.17) is 4.74 Å². The van der Waals surface area contributed by atoms with Gasteiger partial charge in [-0.1, -0.05) is 72.8 Å². The lowest BCUT2D eigenvalue weighted by molar-refractivity contribution is 0.472. The van der Waals surface area contributed by atoms with Gasteiger partial charge in [-0.25, -0.2) is 0 Å². The highest BCUT2D eigenvalue weighted by Gasteiger charge is 2.09. The maximum Gasteiger partial charge on any atom is 0.134 e. The Kier molecular flexibility index (Phi) is 3.28. The lowest BCUT2D eigenvalue weighted by Gasteiger charge is -2.12.